The summed E-state index contributed by atoms with van der Waals surface area (Å²) in [5.74, 6) is 0.352. The van der Waals surface area contributed by atoms with Gasteiger partial charge in [-0.1, -0.05) is 20.8 Å². The molecule has 3 N–H and O–H groups in total. The molecule has 17 heavy (non-hydrogen) atoms. The number of carbonyl (C=O) groups excluding carboxylic acids is 1. The third-order valence-corrected chi connectivity index (χ3v) is 3.22. The highest BCUT2D eigenvalue weighted by Crippen LogP contribution is 2.16. The molecule has 0 aliphatic carbocycles. The Morgan fingerprint density at radius 1 is 1.41 bits per heavy atom. The molecule has 1 amide bonds. The second-order valence-corrected chi connectivity index (χ2v) is 5.61. The van der Waals surface area contributed by atoms with Crippen molar-refractivity contribution in [3.8, 4) is 0 Å². The van der Waals surface area contributed by atoms with E-state index in [1.165, 1.54) is 0 Å². The molecular weight excluding hydrogens is 214 g/mol. The Hall–Kier alpha value is -0.610. The van der Waals surface area contributed by atoms with Crippen molar-refractivity contribution in [1.29, 1.82) is 0 Å². The van der Waals surface area contributed by atoms with Gasteiger partial charge in [0.15, 0.2) is 0 Å². The molecule has 0 aliphatic rings. The van der Waals surface area contributed by atoms with Crippen LogP contribution in [0.2, 0.25) is 0 Å². The Bertz CT molecular complexity index is 243. The van der Waals surface area contributed by atoms with Gasteiger partial charge in [0, 0.05) is 12.6 Å². The first kappa shape index (κ1) is 16.4. The maximum atomic E-state index is 11.5. The van der Waals surface area contributed by atoms with Crippen LogP contribution in [0.25, 0.3) is 0 Å². The maximum Gasteiger partial charge on any atom is 0.237 e. The van der Waals surface area contributed by atoms with Crippen LogP contribution in [-0.2, 0) is 4.79 Å². The zero-order valence-electron chi connectivity index (χ0n) is 12.2. The topological polar surface area (TPSA) is 58.4 Å². The Morgan fingerprint density at radius 3 is 2.29 bits per heavy atom. The van der Waals surface area contributed by atoms with Crippen molar-refractivity contribution in [2.45, 2.75) is 52.6 Å². The lowest BCUT2D eigenvalue weighted by Crippen LogP contribution is -2.56. The lowest BCUT2D eigenvalue weighted by Gasteiger charge is -2.34. The minimum absolute atomic E-state index is 0.274. The summed E-state index contributed by atoms with van der Waals surface area (Å²) in [4.78, 5) is 13.8. The van der Waals surface area contributed by atoms with Crippen molar-refractivity contribution in [2.75, 3.05) is 20.1 Å². The lowest BCUT2D eigenvalue weighted by atomic mass is 9.92. The predicted molar refractivity (Wildman–Crippen MR) is 72.8 cm³/mol. The number of nitrogens with zero attached hydrogens (tertiary/aromatic N) is 1. The van der Waals surface area contributed by atoms with E-state index in [1.807, 2.05) is 13.8 Å². The fourth-order valence-corrected chi connectivity index (χ4v) is 2.15. The molecule has 0 fully saturated rings. The molecule has 4 nitrogen and oxygen atoms in total. The molecule has 4 heteroatoms. The highest BCUT2D eigenvalue weighted by Gasteiger charge is 2.32. The summed E-state index contributed by atoms with van der Waals surface area (Å²) in [5.41, 5.74) is 4.88. The standard InChI is InChI=1S/C13H29N3O/c1-7-15-13(5,12(14)17)8-11(4)16(6)9-10(2)3/h10-11,15H,7-9H2,1-6H3,(H2,14,17). The van der Waals surface area contributed by atoms with E-state index in [0.717, 1.165) is 19.5 Å². The van der Waals surface area contributed by atoms with E-state index in [9.17, 15) is 4.79 Å². The third-order valence-electron chi connectivity index (χ3n) is 3.22. The van der Waals surface area contributed by atoms with E-state index in [0.29, 0.717) is 12.0 Å². The fraction of sp³-hybridized carbons (Fsp3) is 0.923. The summed E-state index contributed by atoms with van der Waals surface area (Å²) in [6, 6.07) is 0.328. The van der Waals surface area contributed by atoms with E-state index in [2.05, 4.69) is 38.0 Å². The second-order valence-electron chi connectivity index (χ2n) is 5.61. The first-order chi connectivity index (χ1) is 7.73. The van der Waals surface area contributed by atoms with Gasteiger partial charge in [-0.05, 0) is 39.8 Å². The van der Waals surface area contributed by atoms with Gasteiger partial charge < -0.3 is 16.0 Å². The SMILES string of the molecule is CCNC(C)(CC(C)N(C)CC(C)C)C(N)=O. The van der Waals surface area contributed by atoms with Gasteiger partial charge in [-0.3, -0.25) is 4.79 Å². The van der Waals surface area contributed by atoms with E-state index < -0.39 is 5.54 Å². The van der Waals surface area contributed by atoms with Crippen molar-refractivity contribution < 1.29 is 4.79 Å². The molecule has 0 aromatic rings. The number of nitrogens with one attached hydrogen (secondary N) is 1. The van der Waals surface area contributed by atoms with Crippen LogP contribution in [0.1, 0.15) is 41.0 Å². The summed E-state index contributed by atoms with van der Waals surface area (Å²) >= 11 is 0. The van der Waals surface area contributed by atoms with E-state index in [4.69, 9.17) is 5.73 Å². The molecule has 0 aliphatic heterocycles. The fourth-order valence-electron chi connectivity index (χ4n) is 2.15. The zero-order chi connectivity index (χ0) is 13.6. The first-order valence-electron chi connectivity index (χ1n) is 6.48. The quantitative estimate of drug-likeness (QED) is 0.673. The Morgan fingerprint density at radius 2 is 1.94 bits per heavy atom. The molecular formula is C13H29N3O. The minimum Gasteiger partial charge on any atom is -0.368 e. The molecule has 0 radical (unpaired) electrons. The smallest absolute Gasteiger partial charge is 0.237 e. The molecule has 2 unspecified atom stereocenters. The highest BCUT2D eigenvalue weighted by molar-refractivity contribution is 5.84. The number of nitrogens with two attached hydrogens (primary N) is 1. The van der Waals surface area contributed by atoms with Crippen LogP contribution in [0.15, 0.2) is 0 Å². The number of primary amides is 1. The Kier molecular flexibility index (Phi) is 6.72. The average molecular weight is 243 g/mol. The number of hydrogen-bond donors (Lipinski definition) is 2. The number of amides is 1. The summed E-state index contributed by atoms with van der Waals surface area (Å²) in [5, 5.41) is 3.20. The zero-order valence-corrected chi connectivity index (χ0v) is 12.2. The van der Waals surface area contributed by atoms with Gasteiger partial charge in [-0.15, -0.1) is 0 Å². The number of likely N-dealkylation sites (N-methyl/N-ethyl adjacent to an activating group) is 1. The molecule has 0 aromatic heterocycles. The maximum absolute atomic E-state index is 11.5. The van der Waals surface area contributed by atoms with Crippen LogP contribution in [0, 0.1) is 5.92 Å². The van der Waals surface area contributed by atoms with E-state index in [1.54, 1.807) is 0 Å². The highest BCUT2D eigenvalue weighted by atomic mass is 16.1. The van der Waals surface area contributed by atoms with Crippen LogP contribution in [-0.4, -0.2) is 42.5 Å². The van der Waals surface area contributed by atoms with E-state index in [-0.39, 0.29) is 5.91 Å². The van der Waals surface area contributed by atoms with Crippen molar-refractivity contribution in [3.05, 3.63) is 0 Å². The predicted octanol–water partition coefficient (Wildman–Crippen LogP) is 1.21. The normalized spacial score (nSPS) is 17.2. The van der Waals surface area contributed by atoms with Crippen molar-refractivity contribution in [1.82, 2.24) is 10.2 Å². The number of carbonyl (C=O) groups is 1. The van der Waals surface area contributed by atoms with Crippen LogP contribution in [0.5, 0.6) is 0 Å². The van der Waals surface area contributed by atoms with Crippen molar-refractivity contribution in [3.63, 3.8) is 0 Å². The summed E-state index contributed by atoms with van der Waals surface area (Å²) in [7, 11) is 2.10. The van der Waals surface area contributed by atoms with E-state index >= 15 is 0 Å². The Labute approximate surface area is 106 Å². The average Bonchev–Trinajstić information content (AvgIpc) is 2.16. The van der Waals surface area contributed by atoms with Crippen molar-refractivity contribution >= 4 is 5.91 Å². The van der Waals surface area contributed by atoms with Crippen LogP contribution in [0.3, 0.4) is 0 Å². The lowest BCUT2D eigenvalue weighted by molar-refractivity contribution is -0.124. The summed E-state index contributed by atoms with van der Waals surface area (Å²) < 4.78 is 0. The number of rotatable bonds is 8. The van der Waals surface area contributed by atoms with Crippen molar-refractivity contribution in [2.24, 2.45) is 11.7 Å². The molecule has 0 saturated heterocycles. The van der Waals surface area contributed by atoms with Gasteiger partial charge in [0.2, 0.25) is 5.91 Å². The molecule has 0 aromatic carbocycles. The molecule has 2 atom stereocenters. The molecule has 0 saturated carbocycles. The molecule has 0 bridgehead atoms. The second kappa shape index (κ2) is 6.97. The van der Waals surface area contributed by atoms with Crippen LogP contribution < -0.4 is 11.1 Å². The van der Waals surface area contributed by atoms with Gasteiger partial charge >= 0.3 is 0 Å². The number of hydrogen-bond acceptors (Lipinski definition) is 3. The monoisotopic (exact) mass is 243 g/mol. The van der Waals surface area contributed by atoms with Gasteiger partial charge in [0.05, 0.1) is 5.54 Å². The molecule has 0 heterocycles. The first-order valence-corrected chi connectivity index (χ1v) is 6.48. The summed E-state index contributed by atoms with van der Waals surface area (Å²) in [6.45, 7) is 12.2. The Balaban J connectivity index is 4.50. The molecule has 102 valence electrons. The van der Waals surface area contributed by atoms with Crippen LogP contribution >= 0.6 is 0 Å². The van der Waals surface area contributed by atoms with Gasteiger partial charge in [-0.2, -0.15) is 0 Å². The minimum atomic E-state index is -0.612. The largest absolute Gasteiger partial charge is 0.368 e. The van der Waals surface area contributed by atoms with Gasteiger partial charge in [0.1, 0.15) is 0 Å². The molecule has 0 spiro atoms. The summed E-state index contributed by atoms with van der Waals surface area (Å²) in [6.07, 6.45) is 0.736. The van der Waals surface area contributed by atoms with Gasteiger partial charge in [-0.25, -0.2) is 0 Å². The molecule has 0 rings (SSSR count). The van der Waals surface area contributed by atoms with Gasteiger partial charge in [0.25, 0.3) is 0 Å². The van der Waals surface area contributed by atoms with Crippen LogP contribution in [0.4, 0.5) is 0 Å². The third kappa shape index (κ3) is 5.50.